The van der Waals surface area contributed by atoms with Gasteiger partial charge in [-0.25, -0.2) is 0 Å². The van der Waals surface area contributed by atoms with Crippen molar-refractivity contribution >= 4 is 11.8 Å². The molecule has 25 heavy (non-hydrogen) atoms. The average Bonchev–Trinajstić information content (AvgIpc) is 3.01. The molecule has 1 aliphatic heterocycles. The zero-order chi connectivity index (χ0) is 17.6. The fourth-order valence-corrected chi connectivity index (χ4v) is 2.86. The first-order valence-corrected chi connectivity index (χ1v) is 8.25. The minimum atomic E-state index is -0.349. The predicted octanol–water partition coefficient (Wildman–Crippen LogP) is 2.12. The van der Waals surface area contributed by atoms with Gasteiger partial charge in [-0.2, -0.15) is 4.98 Å². The van der Waals surface area contributed by atoms with Gasteiger partial charge < -0.3 is 4.52 Å². The molecule has 0 saturated carbocycles. The second-order valence-corrected chi connectivity index (χ2v) is 6.02. The molecule has 0 amide bonds. The summed E-state index contributed by atoms with van der Waals surface area (Å²) in [5, 5.41) is 14.9. The lowest BCUT2D eigenvalue weighted by Crippen LogP contribution is -2.45. The summed E-state index contributed by atoms with van der Waals surface area (Å²) in [7, 11) is 0. The summed E-state index contributed by atoms with van der Waals surface area (Å²) in [6, 6.07) is 6.78. The van der Waals surface area contributed by atoms with Crippen LogP contribution in [-0.2, 0) is 6.54 Å². The Balaban J connectivity index is 1.47. The van der Waals surface area contributed by atoms with E-state index in [0.717, 1.165) is 38.5 Å². The first-order valence-electron chi connectivity index (χ1n) is 8.25. The maximum absolute atomic E-state index is 11.0. The highest BCUT2D eigenvalue weighted by Gasteiger charge is 2.18. The SMILES string of the molecule is Cc1nc(CN2CCN(CC=Cc3ccccc3[N+](=O)[O-])CC2)no1. The quantitative estimate of drug-likeness (QED) is 0.586. The molecule has 2 aromatic rings. The first-order chi connectivity index (χ1) is 12.1. The molecule has 1 saturated heterocycles. The van der Waals surface area contributed by atoms with E-state index in [2.05, 4.69) is 19.9 Å². The van der Waals surface area contributed by atoms with Crippen molar-refractivity contribution in [3.05, 3.63) is 57.7 Å². The van der Waals surface area contributed by atoms with Crippen molar-refractivity contribution in [1.29, 1.82) is 0 Å². The van der Waals surface area contributed by atoms with Gasteiger partial charge in [0.1, 0.15) is 0 Å². The van der Waals surface area contributed by atoms with Crippen LogP contribution >= 0.6 is 0 Å². The van der Waals surface area contributed by atoms with E-state index in [1.807, 2.05) is 18.2 Å². The first kappa shape index (κ1) is 17.2. The number of rotatable bonds is 6. The van der Waals surface area contributed by atoms with Gasteiger partial charge in [-0.3, -0.25) is 19.9 Å². The summed E-state index contributed by atoms with van der Waals surface area (Å²) in [4.78, 5) is 19.5. The van der Waals surface area contributed by atoms with Gasteiger partial charge >= 0.3 is 0 Å². The van der Waals surface area contributed by atoms with Crippen LogP contribution in [0.1, 0.15) is 17.3 Å². The molecule has 3 rings (SSSR count). The van der Waals surface area contributed by atoms with E-state index in [0.29, 0.717) is 18.0 Å². The second-order valence-electron chi connectivity index (χ2n) is 6.02. The normalized spacial score (nSPS) is 16.5. The van der Waals surface area contributed by atoms with Crippen LogP contribution in [0.5, 0.6) is 0 Å². The van der Waals surface area contributed by atoms with Crippen molar-refractivity contribution in [2.75, 3.05) is 32.7 Å². The lowest BCUT2D eigenvalue weighted by molar-refractivity contribution is -0.385. The van der Waals surface area contributed by atoms with Crippen LogP contribution in [0.2, 0.25) is 0 Å². The number of nitrogens with zero attached hydrogens (tertiary/aromatic N) is 5. The fraction of sp³-hybridized carbons (Fsp3) is 0.412. The van der Waals surface area contributed by atoms with Gasteiger partial charge in [0.2, 0.25) is 5.89 Å². The topological polar surface area (TPSA) is 88.5 Å². The van der Waals surface area contributed by atoms with E-state index in [1.54, 1.807) is 19.1 Å². The molecule has 1 aliphatic rings. The molecule has 8 nitrogen and oxygen atoms in total. The minimum Gasteiger partial charge on any atom is -0.340 e. The zero-order valence-corrected chi connectivity index (χ0v) is 14.2. The van der Waals surface area contributed by atoms with Crippen LogP contribution < -0.4 is 0 Å². The third-order valence-electron chi connectivity index (χ3n) is 4.19. The third-order valence-corrected chi connectivity index (χ3v) is 4.19. The maximum Gasteiger partial charge on any atom is 0.276 e. The van der Waals surface area contributed by atoms with Crippen molar-refractivity contribution in [3.63, 3.8) is 0 Å². The molecule has 1 fully saturated rings. The number of piperazine rings is 1. The molecular formula is C17H21N5O3. The molecule has 0 spiro atoms. The number of para-hydroxylation sites is 1. The number of aromatic nitrogens is 2. The highest BCUT2D eigenvalue weighted by molar-refractivity contribution is 5.60. The number of benzene rings is 1. The van der Waals surface area contributed by atoms with Crippen LogP contribution in [-0.4, -0.2) is 57.6 Å². The van der Waals surface area contributed by atoms with Gasteiger partial charge in [0, 0.05) is 45.7 Å². The van der Waals surface area contributed by atoms with Crippen molar-refractivity contribution in [2.45, 2.75) is 13.5 Å². The number of nitro benzene ring substituents is 1. The van der Waals surface area contributed by atoms with E-state index in [-0.39, 0.29) is 10.6 Å². The van der Waals surface area contributed by atoms with E-state index in [9.17, 15) is 10.1 Å². The average molecular weight is 343 g/mol. The standard InChI is InChI=1S/C17H21N5O3/c1-14-18-17(19-25-14)13-21-11-9-20(10-12-21)8-4-6-15-5-2-3-7-16(15)22(23)24/h2-7H,8-13H2,1H3. The molecule has 132 valence electrons. The summed E-state index contributed by atoms with van der Waals surface area (Å²) in [6.07, 6.45) is 3.81. The zero-order valence-electron chi connectivity index (χ0n) is 14.2. The summed E-state index contributed by atoms with van der Waals surface area (Å²) in [6.45, 7) is 7.03. The predicted molar refractivity (Wildman–Crippen MR) is 92.9 cm³/mol. The van der Waals surface area contributed by atoms with Gasteiger partial charge in [0.15, 0.2) is 5.82 Å². The van der Waals surface area contributed by atoms with Crippen LogP contribution in [0.25, 0.3) is 6.08 Å². The smallest absolute Gasteiger partial charge is 0.276 e. The summed E-state index contributed by atoms with van der Waals surface area (Å²) < 4.78 is 4.99. The molecule has 1 aromatic carbocycles. The van der Waals surface area contributed by atoms with Crippen molar-refractivity contribution in [3.8, 4) is 0 Å². The van der Waals surface area contributed by atoms with Crippen LogP contribution in [0.3, 0.4) is 0 Å². The molecule has 2 heterocycles. The Labute approximate surface area is 145 Å². The number of hydrogen-bond donors (Lipinski definition) is 0. The lowest BCUT2D eigenvalue weighted by Gasteiger charge is -2.33. The van der Waals surface area contributed by atoms with Crippen LogP contribution in [0.15, 0.2) is 34.9 Å². The van der Waals surface area contributed by atoms with Crippen molar-refractivity contribution in [1.82, 2.24) is 19.9 Å². The van der Waals surface area contributed by atoms with E-state index in [1.165, 1.54) is 6.07 Å². The minimum absolute atomic E-state index is 0.138. The third kappa shape index (κ3) is 4.71. The van der Waals surface area contributed by atoms with Gasteiger partial charge in [0.05, 0.1) is 17.0 Å². The lowest BCUT2D eigenvalue weighted by atomic mass is 10.1. The number of nitro groups is 1. The molecule has 1 aromatic heterocycles. The Morgan fingerprint density at radius 1 is 1.24 bits per heavy atom. The molecule has 0 radical (unpaired) electrons. The molecule has 0 unspecified atom stereocenters. The van der Waals surface area contributed by atoms with E-state index in [4.69, 9.17) is 4.52 Å². The van der Waals surface area contributed by atoms with Crippen molar-refractivity contribution < 1.29 is 9.45 Å². The van der Waals surface area contributed by atoms with Gasteiger partial charge in [-0.15, -0.1) is 0 Å². The van der Waals surface area contributed by atoms with Crippen LogP contribution in [0.4, 0.5) is 5.69 Å². The fourth-order valence-electron chi connectivity index (χ4n) is 2.86. The van der Waals surface area contributed by atoms with Gasteiger partial charge in [-0.05, 0) is 6.07 Å². The Bertz CT molecular complexity index is 750. The summed E-state index contributed by atoms with van der Waals surface area (Å²) in [5.41, 5.74) is 0.776. The Hall–Kier alpha value is -2.58. The Kier molecular flexibility index (Phi) is 5.52. The monoisotopic (exact) mass is 343 g/mol. The molecule has 0 N–H and O–H groups in total. The number of aryl methyl sites for hydroxylation is 1. The largest absolute Gasteiger partial charge is 0.340 e. The highest BCUT2D eigenvalue weighted by atomic mass is 16.6. The molecule has 0 bridgehead atoms. The Morgan fingerprint density at radius 2 is 1.96 bits per heavy atom. The highest BCUT2D eigenvalue weighted by Crippen LogP contribution is 2.19. The second kappa shape index (κ2) is 8.00. The van der Waals surface area contributed by atoms with Crippen molar-refractivity contribution in [2.24, 2.45) is 0 Å². The maximum atomic E-state index is 11.0. The number of hydrogen-bond acceptors (Lipinski definition) is 7. The molecule has 0 atom stereocenters. The summed E-state index contributed by atoms with van der Waals surface area (Å²) in [5.74, 6) is 1.32. The van der Waals surface area contributed by atoms with E-state index < -0.39 is 0 Å². The molecular weight excluding hydrogens is 322 g/mol. The molecule has 8 heteroatoms. The Morgan fingerprint density at radius 3 is 2.64 bits per heavy atom. The van der Waals surface area contributed by atoms with Gasteiger partial charge in [0.25, 0.3) is 5.69 Å². The summed E-state index contributed by atoms with van der Waals surface area (Å²) >= 11 is 0. The molecule has 0 aliphatic carbocycles. The van der Waals surface area contributed by atoms with Gasteiger partial charge in [-0.1, -0.05) is 29.4 Å². The van der Waals surface area contributed by atoms with E-state index >= 15 is 0 Å². The van der Waals surface area contributed by atoms with Crippen LogP contribution in [0, 0.1) is 17.0 Å².